The van der Waals surface area contributed by atoms with Gasteiger partial charge in [-0.1, -0.05) is 42.6 Å². The highest BCUT2D eigenvalue weighted by atomic mass is 127. The molecule has 2 heterocycles. The smallest absolute Gasteiger partial charge is 0.254 e. The number of halogens is 1. The summed E-state index contributed by atoms with van der Waals surface area (Å²) >= 11 is 2.19. The SMILES string of the molecule is C=C/C(C)=N\OC(=C)c1ccccc1C(=O)N1CC[C@@H](C(=N)c2nc3cccc(I)c3o2)C1. The number of carbonyl (C=O) groups is 1. The Kier molecular flexibility index (Phi) is 6.73. The Labute approximate surface area is 205 Å². The molecule has 2 aromatic carbocycles. The van der Waals surface area contributed by atoms with Crippen molar-refractivity contribution < 1.29 is 14.0 Å². The maximum atomic E-state index is 13.3. The van der Waals surface area contributed by atoms with Crippen LogP contribution in [0.3, 0.4) is 0 Å². The van der Waals surface area contributed by atoms with Crippen molar-refractivity contribution in [2.45, 2.75) is 13.3 Å². The number of hydrogen-bond acceptors (Lipinski definition) is 6. The number of rotatable bonds is 7. The first-order chi connectivity index (χ1) is 15.9. The highest BCUT2D eigenvalue weighted by Gasteiger charge is 2.33. The van der Waals surface area contributed by atoms with E-state index in [2.05, 4.69) is 45.9 Å². The van der Waals surface area contributed by atoms with Gasteiger partial charge in [-0.15, -0.1) is 0 Å². The molecular weight excluding hydrogens is 531 g/mol. The Morgan fingerprint density at radius 2 is 2.06 bits per heavy atom. The summed E-state index contributed by atoms with van der Waals surface area (Å²) in [6.45, 7) is 10.3. The van der Waals surface area contributed by atoms with Crippen molar-refractivity contribution in [3.8, 4) is 0 Å². The van der Waals surface area contributed by atoms with E-state index in [9.17, 15) is 4.79 Å². The quantitative estimate of drug-likeness (QED) is 0.181. The molecule has 1 N–H and O–H groups in total. The number of aromatic nitrogens is 1. The zero-order valence-electron chi connectivity index (χ0n) is 18.2. The number of allylic oxidation sites excluding steroid dienone is 1. The molecule has 0 saturated carbocycles. The number of carbonyl (C=O) groups excluding carboxylic acids is 1. The standard InChI is InChI=1S/C25H23IN4O3/c1-4-15(2)29-33-16(3)18-8-5-6-9-19(18)25(31)30-13-12-17(14-30)22(27)24-28-21-11-7-10-20(26)23(21)32-24/h4-11,17,27H,1,3,12-14H2,2H3/b27-22?,29-15-/t17-/m1/s1. The van der Waals surface area contributed by atoms with Crippen LogP contribution in [0.2, 0.25) is 0 Å². The average molecular weight is 554 g/mol. The first-order valence-electron chi connectivity index (χ1n) is 10.4. The maximum Gasteiger partial charge on any atom is 0.254 e. The summed E-state index contributed by atoms with van der Waals surface area (Å²) in [7, 11) is 0. The van der Waals surface area contributed by atoms with Crippen LogP contribution in [-0.2, 0) is 4.84 Å². The zero-order valence-corrected chi connectivity index (χ0v) is 20.3. The fourth-order valence-electron chi connectivity index (χ4n) is 3.68. The van der Waals surface area contributed by atoms with E-state index in [1.54, 1.807) is 36.1 Å². The van der Waals surface area contributed by atoms with Gasteiger partial charge in [0.25, 0.3) is 5.91 Å². The number of benzene rings is 2. The lowest BCUT2D eigenvalue weighted by Gasteiger charge is -2.18. The molecule has 3 aromatic rings. The molecule has 1 amide bonds. The van der Waals surface area contributed by atoms with Crippen LogP contribution in [0.5, 0.6) is 0 Å². The van der Waals surface area contributed by atoms with E-state index in [-0.39, 0.29) is 17.6 Å². The van der Waals surface area contributed by atoms with Gasteiger partial charge in [-0.2, -0.15) is 0 Å². The molecule has 0 spiro atoms. The molecule has 168 valence electrons. The second kappa shape index (κ2) is 9.70. The van der Waals surface area contributed by atoms with Crippen LogP contribution in [0.4, 0.5) is 0 Å². The van der Waals surface area contributed by atoms with Gasteiger partial charge in [-0.05, 0) is 60.2 Å². The summed E-state index contributed by atoms with van der Waals surface area (Å²) in [6, 6.07) is 12.9. The molecule has 1 fully saturated rings. The van der Waals surface area contributed by atoms with Crippen molar-refractivity contribution >= 4 is 56.8 Å². The highest BCUT2D eigenvalue weighted by molar-refractivity contribution is 14.1. The third-order valence-corrected chi connectivity index (χ3v) is 6.38. The van der Waals surface area contributed by atoms with E-state index in [0.717, 1.165) is 9.09 Å². The Hall–Kier alpha value is -3.27. The van der Waals surface area contributed by atoms with Gasteiger partial charge in [0, 0.05) is 24.6 Å². The van der Waals surface area contributed by atoms with Crippen molar-refractivity contribution in [3.63, 3.8) is 0 Å². The summed E-state index contributed by atoms with van der Waals surface area (Å²) < 4.78 is 6.82. The van der Waals surface area contributed by atoms with Gasteiger partial charge >= 0.3 is 0 Å². The minimum atomic E-state index is -0.147. The number of para-hydroxylation sites is 1. The summed E-state index contributed by atoms with van der Waals surface area (Å²) in [6.07, 6.45) is 2.24. The highest BCUT2D eigenvalue weighted by Crippen LogP contribution is 2.28. The van der Waals surface area contributed by atoms with Crippen LogP contribution in [0.1, 0.15) is 35.2 Å². The van der Waals surface area contributed by atoms with E-state index < -0.39 is 0 Å². The first kappa shape index (κ1) is 22.9. The van der Waals surface area contributed by atoms with Gasteiger partial charge in [0.05, 0.1) is 20.6 Å². The largest absolute Gasteiger partial charge is 0.434 e. The number of oxazole rings is 1. The molecule has 0 bridgehead atoms. The van der Waals surface area contributed by atoms with Crippen LogP contribution < -0.4 is 0 Å². The minimum absolute atomic E-state index is 0.137. The molecule has 1 aliphatic rings. The minimum Gasteiger partial charge on any atom is -0.434 e. The van der Waals surface area contributed by atoms with Crippen molar-refractivity contribution in [1.29, 1.82) is 5.41 Å². The van der Waals surface area contributed by atoms with E-state index in [1.165, 1.54) is 0 Å². The number of oxime groups is 1. The molecular formula is C25H23IN4O3. The van der Waals surface area contributed by atoms with Gasteiger partial charge in [-0.25, -0.2) is 4.98 Å². The third-order valence-electron chi connectivity index (χ3n) is 5.53. The van der Waals surface area contributed by atoms with E-state index in [0.29, 0.717) is 53.5 Å². The Morgan fingerprint density at radius 3 is 2.79 bits per heavy atom. The molecule has 0 unspecified atom stereocenters. The number of nitrogens with one attached hydrogen (secondary N) is 1. The van der Waals surface area contributed by atoms with Gasteiger partial charge in [-0.3, -0.25) is 10.2 Å². The summed E-state index contributed by atoms with van der Waals surface area (Å²) in [4.78, 5) is 24.9. The van der Waals surface area contributed by atoms with Gasteiger partial charge in [0.2, 0.25) is 5.89 Å². The van der Waals surface area contributed by atoms with Crippen LogP contribution in [0.15, 0.2) is 71.3 Å². The lowest BCUT2D eigenvalue weighted by atomic mass is 10.0. The molecule has 4 rings (SSSR count). The predicted molar refractivity (Wildman–Crippen MR) is 137 cm³/mol. The molecule has 0 aliphatic carbocycles. The second-order valence-corrected chi connectivity index (χ2v) is 8.92. The van der Waals surface area contributed by atoms with E-state index in [4.69, 9.17) is 14.7 Å². The van der Waals surface area contributed by atoms with Crippen molar-refractivity contribution in [1.82, 2.24) is 9.88 Å². The zero-order chi connectivity index (χ0) is 23.5. The monoisotopic (exact) mass is 554 g/mol. The molecule has 0 radical (unpaired) electrons. The van der Waals surface area contributed by atoms with Crippen LogP contribution in [0, 0.1) is 14.9 Å². The summed E-state index contributed by atoms with van der Waals surface area (Å²) in [5, 5.41) is 12.6. The molecule has 33 heavy (non-hydrogen) atoms. The molecule has 1 atom stereocenters. The van der Waals surface area contributed by atoms with Crippen molar-refractivity contribution in [2.75, 3.05) is 13.1 Å². The maximum absolute atomic E-state index is 13.3. The van der Waals surface area contributed by atoms with Crippen LogP contribution >= 0.6 is 22.6 Å². The normalized spacial score (nSPS) is 16.1. The van der Waals surface area contributed by atoms with Crippen LogP contribution in [-0.4, -0.2) is 40.3 Å². The summed E-state index contributed by atoms with van der Waals surface area (Å²) in [5.41, 5.74) is 3.40. The molecule has 7 nitrogen and oxygen atoms in total. The number of likely N-dealkylation sites (tertiary alicyclic amines) is 1. The van der Waals surface area contributed by atoms with E-state index >= 15 is 0 Å². The molecule has 8 heteroatoms. The molecule has 1 aliphatic heterocycles. The Morgan fingerprint density at radius 1 is 1.30 bits per heavy atom. The van der Waals surface area contributed by atoms with E-state index in [1.807, 2.05) is 24.3 Å². The predicted octanol–water partition coefficient (Wildman–Crippen LogP) is 5.51. The van der Waals surface area contributed by atoms with Gasteiger partial charge in [0.1, 0.15) is 5.52 Å². The fraction of sp³-hybridized carbons (Fsp3) is 0.200. The van der Waals surface area contributed by atoms with Crippen molar-refractivity contribution in [3.05, 3.63) is 82.3 Å². The lowest BCUT2D eigenvalue weighted by Crippen LogP contribution is -2.30. The number of fused-ring (bicyclic) bond motifs is 1. The lowest BCUT2D eigenvalue weighted by molar-refractivity contribution is 0.0789. The topological polar surface area (TPSA) is 91.8 Å². The van der Waals surface area contributed by atoms with Crippen molar-refractivity contribution in [2.24, 2.45) is 11.1 Å². The number of amides is 1. The van der Waals surface area contributed by atoms with Gasteiger partial charge < -0.3 is 14.2 Å². The van der Waals surface area contributed by atoms with Crippen LogP contribution in [0.25, 0.3) is 16.9 Å². The van der Waals surface area contributed by atoms with Gasteiger partial charge in [0.15, 0.2) is 11.3 Å². The molecule has 1 saturated heterocycles. The Bertz CT molecular complexity index is 1290. The second-order valence-electron chi connectivity index (χ2n) is 7.75. The number of nitrogens with zero attached hydrogens (tertiary/aromatic N) is 3. The number of hydrogen-bond donors (Lipinski definition) is 1. The first-order valence-corrected chi connectivity index (χ1v) is 11.5. The third kappa shape index (κ3) is 4.75. The Balaban J connectivity index is 1.50. The average Bonchev–Trinajstić information content (AvgIpc) is 3.50. The fourth-order valence-corrected chi connectivity index (χ4v) is 4.28. The molecule has 1 aromatic heterocycles. The summed E-state index contributed by atoms with van der Waals surface area (Å²) in [5.74, 6) is 0.309.